The Morgan fingerprint density at radius 3 is 2.56 bits per heavy atom. The predicted octanol–water partition coefficient (Wildman–Crippen LogP) is 2.55. The van der Waals surface area contributed by atoms with Gasteiger partial charge in [-0.05, 0) is 11.6 Å². The Hall–Kier alpha value is -3.28. The van der Waals surface area contributed by atoms with E-state index in [2.05, 4.69) is 15.3 Å². The lowest BCUT2D eigenvalue weighted by molar-refractivity contribution is -0.121. The highest BCUT2D eigenvalue weighted by molar-refractivity contribution is 5.97. The number of amides is 1. The Kier molecular flexibility index (Phi) is 5.31. The number of aromatic nitrogens is 3. The van der Waals surface area contributed by atoms with E-state index in [-0.39, 0.29) is 24.5 Å². The number of nitrogens with zero attached hydrogens (tertiary/aromatic N) is 3. The lowest BCUT2D eigenvalue weighted by Gasteiger charge is -2.06. The molecule has 6 nitrogen and oxygen atoms in total. The van der Waals surface area contributed by atoms with E-state index < -0.39 is 0 Å². The number of carbonyl (C=O) groups excluding carboxylic acids is 2. The minimum atomic E-state index is -0.150. The van der Waals surface area contributed by atoms with Crippen molar-refractivity contribution in [2.45, 2.75) is 19.4 Å². The number of benzene rings is 1. The van der Waals surface area contributed by atoms with E-state index in [0.717, 1.165) is 11.4 Å². The molecule has 0 aliphatic carbocycles. The summed E-state index contributed by atoms with van der Waals surface area (Å²) >= 11 is 0. The van der Waals surface area contributed by atoms with E-state index in [0.29, 0.717) is 12.1 Å². The molecule has 0 spiro atoms. The fourth-order valence-corrected chi connectivity index (χ4v) is 2.35. The number of hydrogen-bond donors (Lipinski definition) is 1. The van der Waals surface area contributed by atoms with Crippen LogP contribution >= 0.6 is 0 Å². The van der Waals surface area contributed by atoms with Crippen molar-refractivity contribution < 1.29 is 9.59 Å². The lowest BCUT2D eigenvalue weighted by atomic mass is 10.1. The van der Waals surface area contributed by atoms with Crippen molar-refractivity contribution in [2.24, 2.45) is 0 Å². The van der Waals surface area contributed by atoms with Crippen LogP contribution < -0.4 is 5.32 Å². The Balaban J connectivity index is 1.45. The van der Waals surface area contributed by atoms with Gasteiger partial charge in [0.05, 0.1) is 0 Å². The van der Waals surface area contributed by atoms with Gasteiger partial charge in [0.2, 0.25) is 5.91 Å². The van der Waals surface area contributed by atoms with Gasteiger partial charge in [-0.2, -0.15) is 0 Å². The first kappa shape index (κ1) is 16.6. The number of imidazole rings is 1. The van der Waals surface area contributed by atoms with Gasteiger partial charge in [0.25, 0.3) is 0 Å². The van der Waals surface area contributed by atoms with E-state index in [4.69, 9.17) is 0 Å². The predicted molar refractivity (Wildman–Crippen MR) is 93.2 cm³/mol. The second kappa shape index (κ2) is 8.01. The summed E-state index contributed by atoms with van der Waals surface area (Å²) in [6.07, 6.45) is 7.26. The smallest absolute Gasteiger partial charge is 0.220 e. The van der Waals surface area contributed by atoms with Crippen molar-refractivity contribution in [3.8, 4) is 5.82 Å². The monoisotopic (exact) mass is 334 g/mol. The van der Waals surface area contributed by atoms with E-state index >= 15 is 0 Å². The van der Waals surface area contributed by atoms with Crippen LogP contribution in [0.3, 0.4) is 0 Å². The summed E-state index contributed by atoms with van der Waals surface area (Å²) in [7, 11) is 0. The molecule has 1 N–H and O–H groups in total. The summed E-state index contributed by atoms with van der Waals surface area (Å²) in [5.41, 5.74) is 1.53. The summed E-state index contributed by atoms with van der Waals surface area (Å²) in [4.78, 5) is 32.2. The first-order chi connectivity index (χ1) is 12.2. The highest BCUT2D eigenvalue weighted by atomic mass is 16.2. The molecule has 2 aromatic heterocycles. The second-order valence-electron chi connectivity index (χ2n) is 5.56. The fourth-order valence-electron chi connectivity index (χ4n) is 2.35. The molecule has 1 amide bonds. The third kappa shape index (κ3) is 4.60. The van der Waals surface area contributed by atoms with Gasteiger partial charge in [-0.1, -0.05) is 36.4 Å². The van der Waals surface area contributed by atoms with Gasteiger partial charge in [0.1, 0.15) is 12.1 Å². The third-order valence-electron chi connectivity index (χ3n) is 3.74. The average Bonchev–Trinajstić information content (AvgIpc) is 3.20. The van der Waals surface area contributed by atoms with Crippen LogP contribution in [0.15, 0.2) is 67.4 Å². The Bertz CT molecular complexity index is 828. The normalized spacial score (nSPS) is 10.4. The zero-order valence-electron chi connectivity index (χ0n) is 13.6. The lowest BCUT2D eigenvalue weighted by Crippen LogP contribution is -2.23. The van der Waals surface area contributed by atoms with Gasteiger partial charge in [-0.25, -0.2) is 9.97 Å². The van der Waals surface area contributed by atoms with Crippen molar-refractivity contribution in [2.75, 3.05) is 0 Å². The zero-order valence-corrected chi connectivity index (χ0v) is 13.6. The summed E-state index contributed by atoms with van der Waals surface area (Å²) in [5.74, 6) is 0.589. The molecule has 25 heavy (non-hydrogen) atoms. The molecule has 0 bridgehead atoms. The topological polar surface area (TPSA) is 76.9 Å². The zero-order chi connectivity index (χ0) is 17.5. The van der Waals surface area contributed by atoms with Gasteiger partial charge >= 0.3 is 0 Å². The molecule has 6 heteroatoms. The van der Waals surface area contributed by atoms with Crippen molar-refractivity contribution in [1.29, 1.82) is 0 Å². The molecule has 126 valence electrons. The summed E-state index contributed by atoms with van der Waals surface area (Å²) in [6.45, 7) is 0.384. The molecule has 3 aromatic rings. The van der Waals surface area contributed by atoms with E-state index in [1.54, 1.807) is 35.4 Å². The van der Waals surface area contributed by atoms with Crippen molar-refractivity contribution >= 4 is 11.7 Å². The molecule has 0 saturated heterocycles. The molecule has 3 rings (SSSR count). The SMILES string of the molecule is O=C(CCC(=O)c1ccccc1)NCc1ccc(-n2ccnc2)nc1. The molecule has 0 fully saturated rings. The molecule has 0 aliphatic heterocycles. The van der Waals surface area contributed by atoms with Gasteiger partial charge in [-0.15, -0.1) is 0 Å². The largest absolute Gasteiger partial charge is 0.352 e. The number of pyridine rings is 1. The highest BCUT2D eigenvalue weighted by Gasteiger charge is 2.09. The number of carbonyl (C=O) groups is 2. The molecule has 2 heterocycles. The number of nitrogens with one attached hydrogen (secondary N) is 1. The molecule has 0 atom stereocenters. The maximum atomic E-state index is 12.0. The third-order valence-corrected chi connectivity index (χ3v) is 3.74. The minimum absolute atomic E-state index is 0.0258. The Morgan fingerprint density at radius 2 is 1.88 bits per heavy atom. The van der Waals surface area contributed by atoms with Crippen LogP contribution in [0.1, 0.15) is 28.8 Å². The molecule has 0 aliphatic rings. The van der Waals surface area contributed by atoms with Crippen LogP contribution in [0.4, 0.5) is 0 Å². The van der Waals surface area contributed by atoms with Gasteiger partial charge in [0, 0.05) is 43.5 Å². The van der Waals surface area contributed by atoms with Crippen LogP contribution in [-0.2, 0) is 11.3 Å². The minimum Gasteiger partial charge on any atom is -0.352 e. The number of ketones is 1. The first-order valence-corrected chi connectivity index (χ1v) is 8.00. The van der Waals surface area contributed by atoms with Crippen molar-refractivity contribution in [1.82, 2.24) is 19.9 Å². The molecular weight excluding hydrogens is 316 g/mol. The molecule has 0 saturated carbocycles. The molecule has 0 radical (unpaired) electrons. The summed E-state index contributed by atoms with van der Waals surface area (Å²) in [5, 5.41) is 2.81. The van der Waals surface area contributed by atoms with E-state index in [9.17, 15) is 9.59 Å². The van der Waals surface area contributed by atoms with Crippen LogP contribution in [0, 0.1) is 0 Å². The highest BCUT2D eigenvalue weighted by Crippen LogP contribution is 2.07. The van der Waals surface area contributed by atoms with Crippen molar-refractivity contribution in [3.63, 3.8) is 0 Å². The Morgan fingerprint density at radius 1 is 1.04 bits per heavy atom. The first-order valence-electron chi connectivity index (χ1n) is 8.00. The fraction of sp³-hybridized carbons (Fsp3) is 0.158. The average molecular weight is 334 g/mol. The quantitative estimate of drug-likeness (QED) is 0.674. The summed E-state index contributed by atoms with van der Waals surface area (Å²) < 4.78 is 1.80. The van der Waals surface area contributed by atoms with Crippen LogP contribution in [0.5, 0.6) is 0 Å². The van der Waals surface area contributed by atoms with E-state index in [1.807, 2.05) is 36.5 Å². The maximum Gasteiger partial charge on any atom is 0.220 e. The second-order valence-corrected chi connectivity index (χ2v) is 5.56. The molecule has 1 aromatic carbocycles. The van der Waals surface area contributed by atoms with Gasteiger partial charge in [0.15, 0.2) is 5.78 Å². The number of Topliss-reactive ketones (excluding diaryl/α,β-unsaturated/α-hetero) is 1. The Labute approximate surface area is 145 Å². The molecular formula is C19H18N4O2. The van der Waals surface area contributed by atoms with Crippen LogP contribution in [0.25, 0.3) is 5.82 Å². The summed E-state index contributed by atoms with van der Waals surface area (Å²) in [6, 6.07) is 12.8. The van der Waals surface area contributed by atoms with Gasteiger partial charge < -0.3 is 5.32 Å². The standard InChI is InChI=1S/C19H18N4O2/c24-17(16-4-2-1-3-5-16)7-9-19(25)22-13-15-6-8-18(21-12-15)23-11-10-20-14-23/h1-6,8,10-12,14H,7,9,13H2,(H,22,25). The van der Waals surface area contributed by atoms with Crippen molar-refractivity contribution in [3.05, 3.63) is 78.5 Å². The maximum absolute atomic E-state index is 12.0. The van der Waals surface area contributed by atoms with Gasteiger partial charge in [-0.3, -0.25) is 14.2 Å². The van der Waals surface area contributed by atoms with Crippen LogP contribution in [0.2, 0.25) is 0 Å². The number of rotatable bonds is 7. The van der Waals surface area contributed by atoms with Crippen LogP contribution in [-0.4, -0.2) is 26.2 Å². The number of hydrogen-bond acceptors (Lipinski definition) is 4. The molecule has 0 unspecified atom stereocenters. The van der Waals surface area contributed by atoms with E-state index in [1.165, 1.54) is 0 Å².